The van der Waals surface area contributed by atoms with Crippen LogP contribution in [0.3, 0.4) is 0 Å². The predicted octanol–water partition coefficient (Wildman–Crippen LogP) is 3.85. The van der Waals surface area contributed by atoms with Gasteiger partial charge in [-0.05, 0) is 35.6 Å². The average molecular weight is 382 g/mol. The molecule has 0 aliphatic carbocycles. The van der Waals surface area contributed by atoms with Gasteiger partial charge in [-0.1, -0.05) is 37.3 Å². The largest absolute Gasteiger partial charge is 0.357 e. The number of aromatic nitrogens is 2. The van der Waals surface area contributed by atoms with Crippen molar-refractivity contribution in [3.63, 3.8) is 0 Å². The molecule has 0 saturated carbocycles. The fraction of sp³-hybridized carbons (Fsp3) is 0.333. The van der Waals surface area contributed by atoms with Gasteiger partial charge in [-0.15, -0.1) is 11.3 Å². The third-order valence-electron chi connectivity index (χ3n) is 4.26. The lowest BCUT2D eigenvalue weighted by Gasteiger charge is -2.15. The molecule has 0 aliphatic heterocycles. The summed E-state index contributed by atoms with van der Waals surface area (Å²) in [6.07, 6.45) is 3.78. The van der Waals surface area contributed by atoms with E-state index in [-0.39, 0.29) is 0 Å². The fourth-order valence-electron chi connectivity index (χ4n) is 2.84. The van der Waals surface area contributed by atoms with Gasteiger partial charge in [-0.25, -0.2) is 4.99 Å². The molecule has 3 rings (SSSR count). The standard InChI is InChI=1S/C21H27N5S/c1-3-22-21(23-14-17(2)20-9-5-12-27-20)24-15-18-7-4-8-19(13-18)16-26-11-6-10-25-26/h4-13,17H,3,14-16H2,1-2H3,(H2,22,23,24). The Morgan fingerprint density at radius 2 is 2.07 bits per heavy atom. The second kappa shape index (κ2) is 9.92. The molecule has 1 unspecified atom stereocenters. The van der Waals surface area contributed by atoms with Crippen LogP contribution in [0.2, 0.25) is 0 Å². The molecule has 0 amide bonds. The van der Waals surface area contributed by atoms with E-state index in [1.165, 1.54) is 16.0 Å². The summed E-state index contributed by atoms with van der Waals surface area (Å²) in [6.45, 7) is 7.47. The normalized spacial score (nSPS) is 12.7. The topological polar surface area (TPSA) is 54.2 Å². The molecule has 0 radical (unpaired) electrons. The minimum atomic E-state index is 0.464. The maximum Gasteiger partial charge on any atom is 0.191 e. The molecule has 6 heteroatoms. The van der Waals surface area contributed by atoms with Crippen molar-refractivity contribution in [2.75, 3.05) is 13.1 Å². The zero-order chi connectivity index (χ0) is 18.9. The number of guanidine groups is 1. The average Bonchev–Trinajstić information content (AvgIpc) is 3.38. The summed E-state index contributed by atoms with van der Waals surface area (Å²) in [6, 6.07) is 14.8. The molecule has 2 N–H and O–H groups in total. The molecule has 2 heterocycles. The Balaban J connectivity index is 1.59. The Hall–Kier alpha value is -2.60. The third kappa shape index (κ3) is 5.96. The van der Waals surface area contributed by atoms with E-state index in [1.807, 2.05) is 16.9 Å². The van der Waals surface area contributed by atoms with Crippen LogP contribution in [0.4, 0.5) is 0 Å². The molecule has 2 aromatic heterocycles. The minimum Gasteiger partial charge on any atom is -0.357 e. The summed E-state index contributed by atoms with van der Waals surface area (Å²) < 4.78 is 1.93. The van der Waals surface area contributed by atoms with E-state index in [4.69, 9.17) is 4.99 Å². The van der Waals surface area contributed by atoms with Crippen LogP contribution in [0.15, 0.2) is 65.2 Å². The summed E-state index contributed by atoms with van der Waals surface area (Å²) in [5.74, 6) is 1.32. The van der Waals surface area contributed by atoms with Gasteiger partial charge >= 0.3 is 0 Å². The first kappa shape index (κ1) is 19.2. The highest BCUT2D eigenvalue weighted by Gasteiger charge is 2.07. The van der Waals surface area contributed by atoms with E-state index in [1.54, 1.807) is 17.5 Å². The lowest BCUT2D eigenvalue weighted by molar-refractivity contribution is 0.686. The van der Waals surface area contributed by atoms with Gasteiger partial charge < -0.3 is 10.6 Å². The number of hydrogen-bond donors (Lipinski definition) is 2. The Kier molecular flexibility index (Phi) is 7.04. The molecule has 0 aliphatic rings. The molecule has 0 fully saturated rings. The maximum atomic E-state index is 4.75. The summed E-state index contributed by atoms with van der Waals surface area (Å²) >= 11 is 1.80. The molecule has 5 nitrogen and oxygen atoms in total. The van der Waals surface area contributed by atoms with Gasteiger partial charge in [-0.2, -0.15) is 5.10 Å². The summed E-state index contributed by atoms with van der Waals surface area (Å²) in [5.41, 5.74) is 2.43. The highest BCUT2D eigenvalue weighted by Crippen LogP contribution is 2.19. The van der Waals surface area contributed by atoms with Crippen LogP contribution in [0.5, 0.6) is 0 Å². The van der Waals surface area contributed by atoms with Gasteiger partial charge in [0.15, 0.2) is 5.96 Å². The molecule has 0 saturated heterocycles. The van der Waals surface area contributed by atoms with Crippen LogP contribution < -0.4 is 10.6 Å². The lowest BCUT2D eigenvalue weighted by Crippen LogP contribution is -2.39. The monoisotopic (exact) mass is 381 g/mol. The van der Waals surface area contributed by atoms with Crippen molar-refractivity contribution in [3.05, 3.63) is 76.2 Å². The molecular formula is C21H27N5S. The molecule has 1 aromatic carbocycles. The smallest absolute Gasteiger partial charge is 0.191 e. The predicted molar refractivity (Wildman–Crippen MR) is 113 cm³/mol. The van der Waals surface area contributed by atoms with Gasteiger partial charge in [-0.3, -0.25) is 4.68 Å². The van der Waals surface area contributed by atoms with Crippen LogP contribution in [0.25, 0.3) is 0 Å². The zero-order valence-electron chi connectivity index (χ0n) is 15.9. The van der Waals surface area contributed by atoms with Crippen LogP contribution in [-0.2, 0) is 13.1 Å². The van der Waals surface area contributed by atoms with Crippen molar-refractivity contribution in [2.45, 2.75) is 32.9 Å². The van der Waals surface area contributed by atoms with E-state index >= 15 is 0 Å². The van der Waals surface area contributed by atoms with Crippen molar-refractivity contribution >= 4 is 17.3 Å². The molecule has 3 aromatic rings. The van der Waals surface area contributed by atoms with Crippen LogP contribution in [-0.4, -0.2) is 28.8 Å². The highest BCUT2D eigenvalue weighted by molar-refractivity contribution is 7.10. The number of nitrogens with one attached hydrogen (secondary N) is 2. The number of aliphatic imine (C=N–C) groups is 1. The lowest BCUT2D eigenvalue weighted by atomic mass is 10.1. The Bertz CT molecular complexity index is 824. The van der Waals surface area contributed by atoms with E-state index < -0.39 is 0 Å². The van der Waals surface area contributed by atoms with Crippen LogP contribution in [0, 0.1) is 0 Å². The number of thiophene rings is 1. The molecule has 1 atom stereocenters. The second-order valence-corrected chi connectivity index (χ2v) is 7.50. The minimum absolute atomic E-state index is 0.464. The molecule has 0 bridgehead atoms. The first-order valence-corrected chi connectivity index (χ1v) is 10.2. The van der Waals surface area contributed by atoms with E-state index in [0.29, 0.717) is 12.5 Å². The summed E-state index contributed by atoms with van der Waals surface area (Å²) in [7, 11) is 0. The van der Waals surface area contributed by atoms with E-state index in [0.717, 1.165) is 25.6 Å². The second-order valence-electron chi connectivity index (χ2n) is 6.52. The maximum absolute atomic E-state index is 4.75. The number of benzene rings is 1. The first-order chi connectivity index (χ1) is 13.2. The first-order valence-electron chi connectivity index (χ1n) is 9.35. The van der Waals surface area contributed by atoms with Gasteiger partial charge in [0.2, 0.25) is 0 Å². The van der Waals surface area contributed by atoms with Crippen molar-refractivity contribution in [1.29, 1.82) is 0 Å². The van der Waals surface area contributed by atoms with Crippen molar-refractivity contribution < 1.29 is 0 Å². The van der Waals surface area contributed by atoms with E-state index in [9.17, 15) is 0 Å². The van der Waals surface area contributed by atoms with Crippen molar-refractivity contribution in [3.8, 4) is 0 Å². The Morgan fingerprint density at radius 3 is 2.81 bits per heavy atom. The fourth-order valence-corrected chi connectivity index (χ4v) is 3.63. The Labute approximate surface area is 165 Å². The van der Waals surface area contributed by atoms with Crippen molar-refractivity contribution in [1.82, 2.24) is 20.4 Å². The van der Waals surface area contributed by atoms with E-state index in [2.05, 4.69) is 71.4 Å². The quantitative estimate of drug-likeness (QED) is 0.460. The zero-order valence-corrected chi connectivity index (χ0v) is 16.7. The molecular weight excluding hydrogens is 354 g/mol. The Morgan fingerprint density at radius 1 is 1.19 bits per heavy atom. The van der Waals surface area contributed by atoms with Crippen LogP contribution >= 0.6 is 11.3 Å². The van der Waals surface area contributed by atoms with Crippen molar-refractivity contribution in [2.24, 2.45) is 4.99 Å². The molecule has 27 heavy (non-hydrogen) atoms. The molecule has 142 valence electrons. The van der Waals surface area contributed by atoms with Gasteiger partial charge in [0.1, 0.15) is 0 Å². The van der Waals surface area contributed by atoms with Gasteiger partial charge in [0, 0.05) is 36.3 Å². The number of nitrogens with zero attached hydrogens (tertiary/aromatic N) is 3. The SMILES string of the molecule is CCNC(=NCc1cccc(Cn2cccn2)c1)NCC(C)c1cccs1. The molecule has 0 spiro atoms. The van der Waals surface area contributed by atoms with Gasteiger partial charge in [0.05, 0.1) is 13.1 Å². The highest BCUT2D eigenvalue weighted by atomic mass is 32.1. The van der Waals surface area contributed by atoms with Gasteiger partial charge in [0.25, 0.3) is 0 Å². The van der Waals surface area contributed by atoms with Crippen LogP contribution in [0.1, 0.15) is 35.8 Å². The third-order valence-corrected chi connectivity index (χ3v) is 5.37. The summed E-state index contributed by atoms with van der Waals surface area (Å²) in [4.78, 5) is 6.14. The number of hydrogen-bond acceptors (Lipinski definition) is 3. The summed E-state index contributed by atoms with van der Waals surface area (Å²) in [5, 5.41) is 13.2. The number of rotatable bonds is 8.